The Morgan fingerprint density at radius 1 is 0.364 bits per heavy atom. The predicted molar refractivity (Wildman–Crippen MR) is 345 cm³/mol. The number of carbonyl (C=O) groups excluding carboxylic acids is 4. The summed E-state index contributed by atoms with van der Waals surface area (Å²) in [6, 6.07) is -0.771. The molecule has 7 N–H and O–H groups in total. The lowest BCUT2D eigenvalue weighted by molar-refractivity contribution is -0.142. The molecule has 0 aromatic heterocycles. The molecule has 23 heteroatoms. The molecular weight excluding hydrogens is 1140 g/mol. The van der Waals surface area contributed by atoms with Crippen LogP contribution in [0, 0.1) is 0 Å². The minimum Gasteiger partial charge on any atom is -0.481 e. The first-order chi connectivity index (χ1) is 42.8. The Hall–Kier alpha value is -3.46. The van der Waals surface area contributed by atoms with Crippen LogP contribution in [0.5, 0.6) is 0 Å². The van der Waals surface area contributed by atoms with Crippen molar-refractivity contribution in [2.75, 3.05) is 158 Å². The standard InChI is InChI=1S/C48H92N2O16.C12H23NO3.C3H9N.C2H6/c1-2-24-57-26-28-59-30-32-61-34-36-63-38-40-65-42-43-66-41-39-64-37-35-62-33-31-60-29-27-58-25-23-49-45(51)22-21-44(48(55)56)50-46(52)19-17-15-13-11-9-7-5-3-4-6-8-10-12-14-16-18-20-47(53)54;1-3-9-16-10-12(15)13-8-6-4-5-7-11(2)14;1-3(2)4;1-2/h44H,2-43H2,1H3,(H,49,51)(H,50,52)(H,53,54)(H,55,56);3-10H2,1-2H3,(H,13,15);3H,4H2,1-2H3;1-2H3. The van der Waals surface area contributed by atoms with Crippen molar-refractivity contribution in [2.45, 2.75) is 227 Å². The minimum absolute atomic E-state index is 0.0141. The highest BCUT2D eigenvalue weighted by molar-refractivity contribution is 5.84. The number of carboxylic acids is 2. The number of ether oxygens (including phenoxy) is 11. The maximum absolute atomic E-state index is 12.4. The summed E-state index contributed by atoms with van der Waals surface area (Å²) in [6.07, 6.45) is 24.0. The predicted octanol–water partition coefficient (Wildman–Crippen LogP) is 9.19. The Balaban J connectivity index is -0.00000135. The molecule has 1 atom stereocenters. The zero-order valence-electron chi connectivity index (χ0n) is 56.4. The summed E-state index contributed by atoms with van der Waals surface area (Å²) in [6.45, 7) is 25.1. The van der Waals surface area contributed by atoms with Gasteiger partial charge in [0.2, 0.25) is 17.7 Å². The quantitative estimate of drug-likeness (QED) is 0.0309. The van der Waals surface area contributed by atoms with Gasteiger partial charge < -0.3 is 88.8 Å². The molecule has 0 aliphatic heterocycles. The van der Waals surface area contributed by atoms with Gasteiger partial charge in [-0.1, -0.05) is 138 Å². The SMILES string of the molecule is CC.CC(C)N.CCCOCC(=O)NCCCCCC(C)=O.CCCOCCOCCOCCOCCOCCOCCOCCOCCOCCOCCNC(=O)CCC(NC(=O)CCCCCCCCCCCCCCCCCCC(=O)O)C(=O)O. The molecule has 0 radical (unpaired) electrons. The van der Waals surface area contributed by atoms with E-state index in [0.717, 1.165) is 77.2 Å². The smallest absolute Gasteiger partial charge is 0.326 e. The number of hydrogen-bond acceptors (Lipinski definition) is 18. The molecule has 1 unspecified atom stereocenters. The molecule has 23 nitrogen and oxygen atoms in total. The maximum Gasteiger partial charge on any atom is 0.326 e. The molecule has 0 fully saturated rings. The van der Waals surface area contributed by atoms with Crippen LogP contribution in [0.25, 0.3) is 0 Å². The Labute approximate surface area is 532 Å². The van der Waals surface area contributed by atoms with Crippen LogP contribution in [0.3, 0.4) is 0 Å². The lowest BCUT2D eigenvalue weighted by atomic mass is 10.0. The fraction of sp³-hybridized carbons (Fsp3) is 0.908. The average molecular weight is 1270 g/mol. The van der Waals surface area contributed by atoms with Gasteiger partial charge in [0.25, 0.3) is 0 Å². The number of amides is 3. The molecule has 88 heavy (non-hydrogen) atoms. The summed E-state index contributed by atoms with van der Waals surface area (Å²) in [5, 5.41) is 26.3. The second kappa shape index (κ2) is 79.6. The molecule has 3 amide bonds. The summed E-state index contributed by atoms with van der Waals surface area (Å²) in [7, 11) is 0. The number of carboxylic acid groups (broad SMARTS) is 2. The number of aliphatic carboxylic acids is 2. The van der Waals surface area contributed by atoms with E-state index in [1.165, 1.54) is 57.8 Å². The van der Waals surface area contributed by atoms with Gasteiger partial charge in [-0.3, -0.25) is 19.2 Å². The molecule has 0 saturated heterocycles. The number of rotatable bonds is 66. The normalized spacial score (nSPS) is 11.2. The number of unbranched alkanes of at least 4 members (excludes halogenated alkanes) is 17. The van der Waals surface area contributed by atoms with Gasteiger partial charge in [-0.25, -0.2) is 4.79 Å². The topological polar surface area (TPSA) is 307 Å². The maximum atomic E-state index is 12.4. The van der Waals surface area contributed by atoms with Crippen LogP contribution in [0.15, 0.2) is 0 Å². The third-order valence-electron chi connectivity index (χ3n) is 12.2. The molecule has 0 aromatic carbocycles. The van der Waals surface area contributed by atoms with Gasteiger partial charge in [-0.15, -0.1) is 0 Å². The third kappa shape index (κ3) is 89.0. The van der Waals surface area contributed by atoms with Gasteiger partial charge >= 0.3 is 11.9 Å². The summed E-state index contributed by atoms with van der Waals surface area (Å²) >= 11 is 0. The molecule has 0 bridgehead atoms. The average Bonchev–Trinajstić information content (AvgIpc) is 3.59. The van der Waals surface area contributed by atoms with Crippen LogP contribution in [0.4, 0.5) is 0 Å². The first-order valence-corrected chi connectivity index (χ1v) is 33.6. The number of Topliss-reactive ketones (excluding diaryl/α,β-unsaturated/α-hetero) is 1. The fourth-order valence-corrected chi connectivity index (χ4v) is 7.68. The lowest BCUT2D eigenvalue weighted by Gasteiger charge is -2.14. The largest absolute Gasteiger partial charge is 0.481 e. The van der Waals surface area contributed by atoms with Crippen molar-refractivity contribution in [2.24, 2.45) is 5.73 Å². The third-order valence-corrected chi connectivity index (χ3v) is 12.2. The Morgan fingerprint density at radius 3 is 1.00 bits per heavy atom. The van der Waals surface area contributed by atoms with E-state index in [-0.39, 0.29) is 62.3 Å². The molecule has 0 aliphatic rings. The van der Waals surface area contributed by atoms with Crippen LogP contribution in [0.2, 0.25) is 0 Å². The van der Waals surface area contributed by atoms with Crippen molar-refractivity contribution < 1.29 is 91.1 Å². The summed E-state index contributed by atoms with van der Waals surface area (Å²) < 4.78 is 59.7. The van der Waals surface area contributed by atoms with Crippen LogP contribution < -0.4 is 21.7 Å². The van der Waals surface area contributed by atoms with Crippen molar-refractivity contribution in [1.29, 1.82) is 0 Å². The van der Waals surface area contributed by atoms with E-state index in [2.05, 4.69) is 22.9 Å². The minimum atomic E-state index is -1.15. The summed E-state index contributed by atoms with van der Waals surface area (Å²) in [4.78, 5) is 68.6. The van der Waals surface area contributed by atoms with Crippen molar-refractivity contribution >= 4 is 35.4 Å². The Bertz CT molecular complexity index is 1490. The van der Waals surface area contributed by atoms with E-state index in [1.54, 1.807) is 6.92 Å². The summed E-state index contributed by atoms with van der Waals surface area (Å²) in [5.41, 5.74) is 5.11. The molecule has 0 aromatic rings. The molecule has 0 saturated carbocycles. The van der Waals surface area contributed by atoms with Crippen LogP contribution >= 0.6 is 0 Å². The van der Waals surface area contributed by atoms with Crippen molar-refractivity contribution in [3.05, 3.63) is 0 Å². The Kier molecular flexibility index (Phi) is 82.3. The molecule has 0 aliphatic carbocycles. The fourth-order valence-electron chi connectivity index (χ4n) is 7.68. The van der Waals surface area contributed by atoms with Gasteiger partial charge in [0.1, 0.15) is 18.4 Å². The van der Waals surface area contributed by atoms with E-state index in [0.29, 0.717) is 158 Å². The number of carbonyl (C=O) groups is 6. The van der Waals surface area contributed by atoms with Gasteiger partial charge in [-0.05, 0) is 57.9 Å². The monoisotopic (exact) mass is 1270 g/mol. The number of nitrogens with one attached hydrogen (secondary N) is 3. The molecule has 524 valence electrons. The Morgan fingerprint density at radius 2 is 0.659 bits per heavy atom. The molecule has 0 spiro atoms. The van der Waals surface area contributed by atoms with Crippen molar-refractivity contribution in [3.8, 4) is 0 Å². The van der Waals surface area contributed by atoms with Crippen molar-refractivity contribution in [3.63, 3.8) is 0 Å². The highest BCUT2D eigenvalue weighted by atomic mass is 16.6. The van der Waals surface area contributed by atoms with Gasteiger partial charge in [0.15, 0.2) is 0 Å². The van der Waals surface area contributed by atoms with E-state index < -0.39 is 18.0 Å². The van der Waals surface area contributed by atoms with E-state index in [1.807, 2.05) is 34.6 Å². The molecule has 0 heterocycles. The zero-order valence-corrected chi connectivity index (χ0v) is 56.4. The highest BCUT2D eigenvalue weighted by Crippen LogP contribution is 2.15. The van der Waals surface area contributed by atoms with E-state index in [9.17, 15) is 33.9 Å². The number of ketones is 1. The summed E-state index contributed by atoms with van der Waals surface area (Å²) in [5.74, 6) is -2.27. The zero-order chi connectivity index (χ0) is 65.9. The van der Waals surface area contributed by atoms with Gasteiger partial charge in [0, 0.05) is 52.0 Å². The molecular formula is C65H130N4O19. The van der Waals surface area contributed by atoms with Crippen molar-refractivity contribution in [1.82, 2.24) is 16.0 Å². The number of nitrogens with two attached hydrogens (primary N) is 1. The molecule has 0 rings (SSSR count). The first kappa shape index (κ1) is 91.0. The second-order valence-corrected chi connectivity index (χ2v) is 21.2. The van der Waals surface area contributed by atoms with Crippen LogP contribution in [0.1, 0.15) is 215 Å². The second-order valence-electron chi connectivity index (χ2n) is 21.2. The number of hydrogen-bond donors (Lipinski definition) is 6. The van der Waals surface area contributed by atoms with Crippen LogP contribution in [-0.4, -0.2) is 216 Å². The highest BCUT2D eigenvalue weighted by Gasteiger charge is 2.21. The van der Waals surface area contributed by atoms with E-state index >= 15 is 0 Å². The first-order valence-electron chi connectivity index (χ1n) is 33.6. The lowest BCUT2D eigenvalue weighted by Crippen LogP contribution is -2.41. The van der Waals surface area contributed by atoms with Gasteiger partial charge in [-0.2, -0.15) is 0 Å². The van der Waals surface area contributed by atoms with Gasteiger partial charge in [0.05, 0.1) is 126 Å². The van der Waals surface area contributed by atoms with Crippen LogP contribution in [-0.2, 0) is 80.9 Å². The van der Waals surface area contributed by atoms with E-state index in [4.69, 9.17) is 62.9 Å².